The van der Waals surface area contributed by atoms with Crippen LogP contribution in [0.15, 0.2) is 24.5 Å². The Morgan fingerprint density at radius 1 is 1.19 bits per heavy atom. The van der Waals surface area contributed by atoms with E-state index in [4.69, 9.17) is 14.2 Å². The van der Waals surface area contributed by atoms with E-state index in [0.29, 0.717) is 35.1 Å². The maximum Gasteiger partial charge on any atom is 0.318 e. The average molecular weight is 371 g/mol. The lowest BCUT2D eigenvalue weighted by molar-refractivity contribution is -0.0298. The van der Waals surface area contributed by atoms with E-state index in [0.717, 1.165) is 24.9 Å². The van der Waals surface area contributed by atoms with Gasteiger partial charge in [-0.25, -0.2) is 4.98 Å². The third kappa shape index (κ3) is 3.33. The van der Waals surface area contributed by atoms with E-state index in [2.05, 4.69) is 20.3 Å². The molecule has 27 heavy (non-hydrogen) atoms. The van der Waals surface area contributed by atoms with Crippen LogP contribution in [0, 0.1) is 0 Å². The lowest BCUT2D eigenvalue weighted by Crippen LogP contribution is -2.17. The summed E-state index contributed by atoms with van der Waals surface area (Å²) in [7, 11) is 3.15. The maximum atomic E-state index is 10.0. The molecule has 142 valence electrons. The Labute approximate surface area is 155 Å². The number of fused-ring (bicyclic) bond motifs is 1. The van der Waals surface area contributed by atoms with Gasteiger partial charge in [0.2, 0.25) is 0 Å². The van der Waals surface area contributed by atoms with Crippen LogP contribution >= 0.6 is 0 Å². The van der Waals surface area contributed by atoms with Crippen LogP contribution in [0.5, 0.6) is 17.5 Å². The molecule has 0 aliphatic carbocycles. The molecule has 1 saturated heterocycles. The van der Waals surface area contributed by atoms with Gasteiger partial charge in [-0.05, 0) is 31.4 Å². The summed E-state index contributed by atoms with van der Waals surface area (Å²) in [6.45, 7) is 0.707. The van der Waals surface area contributed by atoms with Gasteiger partial charge < -0.3 is 24.6 Å². The largest absolute Gasteiger partial charge is 0.493 e. The van der Waals surface area contributed by atoms with Gasteiger partial charge in [0.1, 0.15) is 6.23 Å². The standard InChI is InChI=1S/C18H21N5O4/c1-25-12-7-6-11(9-13(12)26-2)20-16-15-17(22-18(24)21-16)23(10-19-15)14-5-3-4-8-27-14/h6-7,9-10,14H,3-5,8H2,1-2H3,(H2,20,21,22,24). The van der Waals surface area contributed by atoms with Crippen molar-refractivity contribution in [3.8, 4) is 17.5 Å². The number of ether oxygens (including phenoxy) is 3. The number of nitrogens with one attached hydrogen (secondary N) is 1. The molecule has 0 amide bonds. The Balaban J connectivity index is 1.71. The Bertz CT molecular complexity index is 952. The summed E-state index contributed by atoms with van der Waals surface area (Å²) in [4.78, 5) is 12.7. The molecule has 2 N–H and O–H groups in total. The zero-order chi connectivity index (χ0) is 18.8. The third-order valence-corrected chi connectivity index (χ3v) is 4.52. The van der Waals surface area contributed by atoms with Crippen LogP contribution in [0.2, 0.25) is 0 Å². The monoisotopic (exact) mass is 371 g/mol. The molecule has 1 unspecified atom stereocenters. The van der Waals surface area contributed by atoms with Crippen LogP contribution in [0.1, 0.15) is 25.5 Å². The number of anilines is 2. The third-order valence-electron chi connectivity index (χ3n) is 4.52. The van der Waals surface area contributed by atoms with Gasteiger partial charge in [0.25, 0.3) is 0 Å². The molecule has 1 aromatic carbocycles. The number of hydrogen-bond acceptors (Lipinski definition) is 8. The minimum Gasteiger partial charge on any atom is -0.493 e. The van der Waals surface area contributed by atoms with E-state index in [9.17, 15) is 5.11 Å². The van der Waals surface area contributed by atoms with Crippen molar-refractivity contribution in [2.24, 2.45) is 0 Å². The molecule has 9 nitrogen and oxygen atoms in total. The van der Waals surface area contributed by atoms with Crippen molar-refractivity contribution in [2.45, 2.75) is 25.5 Å². The van der Waals surface area contributed by atoms with Gasteiger partial charge in [0, 0.05) is 18.4 Å². The van der Waals surface area contributed by atoms with Crippen molar-refractivity contribution in [2.75, 3.05) is 26.1 Å². The molecule has 0 radical (unpaired) electrons. The number of methoxy groups -OCH3 is 2. The van der Waals surface area contributed by atoms with Crippen molar-refractivity contribution >= 4 is 22.7 Å². The van der Waals surface area contributed by atoms with Gasteiger partial charge in [-0.1, -0.05) is 0 Å². The van der Waals surface area contributed by atoms with Crippen molar-refractivity contribution in [3.63, 3.8) is 0 Å². The first-order valence-electron chi connectivity index (χ1n) is 8.74. The van der Waals surface area contributed by atoms with Crippen LogP contribution in [-0.2, 0) is 4.74 Å². The van der Waals surface area contributed by atoms with Gasteiger partial charge in [0.05, 0.1) is 20.5 Å². The maximum absolute atomic E-state index is 10.0. The second kappa shape index (κ2) is 7.28. The Morgan fingerprint density at radius 3 is 2.78 bits per heavy atom. The highest BCUT2D eigenvalue weighted by atomic mass is 16.5. The van der Waals surface area contributed by atoms with Crippen molar-refractivity contribution < 1.29 is 19.3 Å². The smallest absolute Gasteiger partial charge is 0.318 e. The van der Waals surface area contributed by atoms with E-state index in [1.807, 2.05) is 10.6 Å². The first kappa shape index (κ1) is 17.3. The Morgan fingerprint density at radius 2 is 2.04 bits per heavy atom. The van der Waals surface area contributed by atoms with Crippen LogP contribution < -0.4 is 14.8 Å². The summed E-state index contributed by atoms with van der Waals surface area (Å²) in [6.07, 6.45) is 4.56. The number of nitrogens with zero attached hydrogens (tertiary/aromatic N) is 4. The second-order valence-corrected chi connectivity index (χ2v) is 6.21. The quantitative estimate of drug-likeness (QED) is 0.705. The van der Waals surface area contributed by atoms with Crippen molar-refractivity contribution in [1.29, 1.82) is 0 Å². The summed E-state index contributed by atoms with van der Waals surface area (Å²) >= 11 is 0. The van der Waals surface area contributed by atoms with Crippen molar-refractivity contribution in [1.82, 2.24) is 19.5 Å². The van der Waals surface area contributed by atoms with Gasteiger partial charge >= 0.3 is 6.01 Å². The topological polar surface area (TPSA) is 104 Å². The second-order valence-electron chi connectivity index (χ2n) is 6.21. The molecular formula is C18H21N5O4. The van der Waals surface area contributed by atoms with Gasteiger partial charge in [-0.3, -0.25) is 4.57 Å². The van der Waals surface area contributed by atoms with Crippen LogP contribution in [0.4, 0.5) is 11.5 Å². The molecule has 4 rings (SSSR count). The van der Waals surface area contributed by atoms with Crippen LogP contribution in [0.3, 0.4) is 0 Å². The lowest BCUT2D eigenvalue weighted by Gasteiger charge is -2.23. The first-order valence-corrected chi connectivity index (χ1v) is 8.74. The molecule has 3 aromatic rings. The van der Waals surface area contributed by atoms with Crippen LogP contribution in [-0.4, -0.2) is 45.5 Å². The van der Waals surface area contributed by atoms with E-state index >= 15 is 0 Å². The summed E-state index contributed by atoms with van der Waals surface area (Å²) < 4.78 is 18.2. The highest BCUT2D eigenvalue weighted by Gasteiger charge is 2.21. The molecule has 9 heteroatoms. The zero-order valence-electron chi connectivity index (χ0n) is 15.2. The highest BCUT2D eigenvalue weighted by Crippen LogP contribution is 2.33. The minimum absolute atomic E-state index is 0.132. The predicted molar refractivity (Wildman–Crippen MR) is 98.7 cm³/mol. The van der Waals surface area contributed by atoms with Gasteiger partial charge in [0.15, 0.2) is 28.5 Å². The Hall–Kier alpha value is -3.07. The molecule has 0 saturated carbocycles. The molecule has 0 spiro atoms. The number of hydrogen-bond donors (Lipinski definition) is 2. The number of imidazole rings is 1. The fourth-order valence-electron chi connectivity index (χ4n) is 3.20. The highest BCUT2D eigenvalue weighted by molar-refractivity contribution is 5.86. The summed E-state index contributed by atoms with van der Waals surface area (Å²) in [6, 6.07) is 5.06. The molecular weight excluding hydrogens is 350 g/mol. The average Bonchev–Trinajstić information content (AvgIpc) is 3.12. The van der Waals surface area contributed by atoms with Gasteiger partial charge in [-0.15, -0.1) is 0 Å². The molecule has 1 aliphatic heterocycles. The summed E-state index contributed by atoms with van der Waals surface area (Å²) in [5, 5.41) is 13.2. The van der Waals surface area contributed by atoms with E-state index < -0.39 is 0 Å². The molecule has 2 aromatic heterocycles. The number of rotatable bonds is 5. The summed E-state index contributed by atoms with van der Waals surface area (Å²) in [5.41, 5.74) is 1.80. The van der Waals surface area contributed by atoms with Gasteiger partial charge in [-0.2, -0.15) is 9.97 Å². The molecule has 1 aliphatic rings. The number of aromatic nitrogens is 4. The van der Waals surface area contributed by atoms with E-state index in [-0.39, 0.29) is 12.2 Å². The van der Waals surface area contributed by atoms with E-state index in [1.54, 1.807) is 32.7 Å². The number of benzene rings is 1. The fraction of sp³-hybridized carbons (Fsp3) is 0.389. The zero-order valence-corrected chi connectivity index (χ0v) is 15.2. The molecule has 1 fully saturated rings. The van der Waals surface area contributed by atoms with E-state index in [1.165, 1.54) is 0 Å². The molecule has 0 bridgehead atoms. The molecule has 1 atom stereocenters. The SMILES string of the molecule is COc1ccc(Nc2nc(O)nc3c2ncn3C2CCCCO2)cc1OC. The number of aromatic hydroxyl groups is 1. The fourth-order valence-corrected chi connectivity index (χ4v) is 3.20. The van der Waals surface area contributed by atoms with Crippen molar-refractivity contribution in [3.05, 3.63) is 24.5 Å². The Kier molecular flexibility index (Phi) is 4.68. The van der Waals surface area contributed by atoms with Crippen LogP contribution in [0.25, 0.3) is 11.2 Å². The summed E-state index contributed by atoms with van der Waals surface area (Å²) in [5.74, 6) is 1.61. The minimum atomic E-state index is -0.331. The normalized spacial score (nSPS) is 17.0. The first-order chi connectivity index (χ1) is 13.2. The predicted octanol–water partition coefficient (Wildman–Crippen LogP) is 2.99. The lowest BCUT2D eigenvalue weighted by atomic mass is 10.2. The molecule has 3 heterocycles.